The van der Waals surface area contributed by atoms with Gasteiger partial charge in [0.1, 0.15) is 0 Å². The van der Waals surface area contributed by atoms with Gasteiger partial charge in [0.25, 0.3) is 0 Å². The fraction of sp³-hybridized carbons (Fsp3) is 0.412. The largest absolute Gasteiger partial charge is 0.349 e. The number of aromatic nitrogens is 1. The van der Waals surface area contributed by atoms with Crippen molar-refractivity contribution in [2.24, 2.45) is 0 Å². The van der Waals surface area contributed by atoms with Crippen LogP contribution in [0.1, 0.15) is 42.4 Å². The predicted molar refractivity (Wildman–Crippen MR) is 89.0 cm³/mol. The first-order valence-electron chi connectivity index (χ1n) is 7.17. The molecule has 0 saturated heterocycles. The first kappa shape index (κ1) is 15.3. The van der Waals surface area contributed by atoms with Crippen molar-refractivity contribution >= 4 is 15.9 Å². The van der Waals surface area contributed by atoms with Gasteiger partial charge >= 0.3 is 0 Å². The maximum absolute atomic E-state index is 3.61. The molecule has 3 heteroatoms. The Labute approximate surface area is 130 Å². The average molecular weight is 335 g/mol. The van der Waals surface area contributed by atoms with Gasteiger partial charge in [0.15, 0.2) is 0 Å². The molecule has 1 heterocycles. The second-order valence-corrected chi connectivity index (χ2v) is 6.21. The molecule has 0 bridgehead atoms. The lowest BCUT2D eigenvalue weighted by Crippen LogP contribution is -2.18. The highest BCUT2D eigenvalue weighted by molar-refractivity contribution is 9.10. The number of hydrogen-bond donors (Lipinski definition) is 1. The molecule has 0 amide bonds. The van der Waals surface area contributed by atoms with E-state index in [2.05, 4.69) is 83.8 Å². The van der Waals surface area contributed by atoms with E-state index in [0.717, 1.165) is 17.6 Å². The van der Waals surface area contributed by atoms with Crippen LogP contribution in [-0.2, 0) is 13.1 Å². The van der Waals surface area contributed by atoms with Crippen LogP contribution in [0.5, 0.6) is 0 Å². The van der Waals surface area contributed by atoms with E-state index in [4.69, 9.17) is 0 Å². The maximum atomic E-state index is 3.61. The van der Waals surface area contributed by atoms with Crippen LogP contribution >= 0.6 is 15.9 Å². The van der Waals surface area contributed by atoms with E-state index in [1.54, 1.807) is 0 Å². The summed E-state index contributed by atoms with van der Waals surface area (Å²) < 4.78 is 3.49. The Bertz CT molecular complexity index is 587. The Morgan fingerprint density at radius 2 is 2.00 bits per heavy atom. The van der Waals surface area contributed by atoms with Crippen LogP contribution in [0.3, 0.4) is 0 Å². The van der Waals surface area contributed by atoms with Crippen molar-refractivity contribution in [2.45, 2.75) is 46.8 Å². The van der Waals surface area contributed by atoms with Gasteiger partial charge in [0.2, 0.25) is 0 Å². The van der Waals surface area contributed by atoms with Crippen LogP contribution < -0.4 is 5.32 Å². The molecule has 1 N–H and O–H groups in total. The average Bonchev–Trinajstić information content (AvgIpc) is 2.70. The molecule has 2 rings (SSSR count). The Balaban J connectivity index is 2.05. The number of nitrogens with one attached hydrogen (secondary N) is 1. The first-order chi connectivity index (χ1) is 9.52. The second kappa shape index (κ2) is 6.59. The normalized spacial score (nSPS) is 12.7. The van der Waals surface area contributed by atoms with E-state index in [-0.39, 0.29) is 0 Å². The maximum Gasteiger partial charge on any atom is 0.0295 e. The Morgan fingerprint density at radius 3 is 2.60 bits per heavy atom. The summed E-state index contributed by atoms with van der Waals surface area (Å²) in [4.78, 5) is 0. The van der Waals surface area contributed by atoms with E-state index < -0.39 is 0 Å². The Hall–Kier alpha value is -1.06. The van der Waals surface area contributed by atoms with Gasteiger partial charge in [0, 0.05) is 35.0 Å². The monoisotopic (exact) mass is 334 g/mol. The standard InChI is InChI=1S/C17H23BrN2/c1-5-20-12(2)9-16(14(20)4)11-19-13(3)15-7-6-8-17(18)10-15/h6-10,13,19H,5,11H2,1-4H3/t13-/m1/s1. The number of aryl methyl sites for hydroxylation is 1. The van der Waals surface area contributed by atoms with Crippen LogP contribution in [0.25, 0.3) is 0 Å². The van der Waals surface area contributed by atoms with E-state index in [1.807, 2.05) is 0 Å². The van der Waals surface area contributed by atoms with E-state index in [0.29, 0.717) is 6.04 Å². The summed E-state index contributed by atoms with van der Waals surface area (Å²) in [6.07, 6.45) is 0. The van der Waals surface area contributed by atoms with Crippen LogP contribution in [0.4, 0.5) is 0 Å². The molecule has 0 aliphatic rings. The molecule has 2 aromatic rings. The third-order valence-electron chi connectivity index (χ3n) is 3.94. The van der Waals surface area contributed by atoms with Crippen molar-refractivity contribution in [3.8, 4) is 0 Å². The molecule has 0 unspecified atom stereocenters. The van der Waals surface area contributed by atoms with Gasteiger partial charge in [0.05, 0.1) is 0 Å². The lowest BCUT2D eigenvalue weighted by atomic mass is 10.1. The van der Waals surface area contributed by atoms with Crippen molar-refractivity contribution in [3.63, 3.8) is 0 Å². The first-order valence-corrected chi connectivity index (χ1v) is 7.96. The molecule has 0 saturated carbocycles. The summed E-state index contributed by atoms with van der Waals surface area (Å²) in [7, 11) is 0. The fourth-order valence-electron chi connectivity index (χ4n) is 2.69. The highest BCUT2D eigenvalue weighted by Crippen LogP contribution is 2.20. The summed E-state index contributed by atoms with van der Waals surface area (Å²) in [5.41, 5.74) is 5.42. The summed E-state index contributed by atoms with van der Waals surface area (Å²) in [5, 5.41) is 3.61. The Morgan fingerprint density at radius 1 is 1.25 bits per heavy atom. The van der Waals surface area contributed by atoms with Crippen molar-refractivity contribution in [1.82, 2.24) is 9.88 Å². The van der Waals surface area contributed by atoms with Crippen molar-refractivity contribution in [3.05, 3.63) is 57.3 Å². The lowest BCUT2D eigenvalue weighted by Gasteiger charge is -2.15. The molecule has 0 fully saturated rings. The molecule has 1 aromatic carbocycles. The van der Waals surface area contributed by atoms with Crippen molar-refractivity contribution < 1.29 is 0 Å². The smallest absolute Gasteiger partial charge is 0.0295 e. The van der Waals surface area contributed by atoms with E-state index >= 15 is 0 Å². The van der Waals surface area contributed by atoms with Gasteiger partial charge in [-0.05, 0) is 57.0 Å². The second-order valence-electron chi connectivity index (χ2n) is 5.30. The van der Waals surface area contributed by atoms with Gasteiger partial charge in [-0.1, -0.05) is 28.1 Å². The summed E-state index contributed by atoms with van der Waals surface area (Å²) >= 11 is 3.53. The summed E-state index contributed by atoms with van der Waals surface area (Å²) in [6, 6.07) is 11.1. The summed E-state index contributed by atoms with van der Waals surface area (Å²) in [6.45, 7) is 10.7. The highest BCUT2D eigenvalue weighted by Gasteiger charge is 2.10. The lowest BCUT2D eigenvalue weighted by molar-refractivity contribution is 0.571. The molecular formula is C17H23BrN2. The minimum absolute atomic E-state index is 0.345. The molecule has 0 radical (unpaired) electrons. The van der Waals surface area contributed by atoms with Gasteiger partial charge in [-0.3, -0.25) is 0 Å². The molecule has 2 nitrogen and oxygen atoms in total. The number of hydrogen-bond acceptors (Lipinski definition) is 1. The molecule has 20 heavy (non-hydrogen) atoms. The quantitative estimate of drug-likeness (QED) is 0.835. The van der Waals surface area contributed by atoms with Crippen molar-refractivity contribution in [1.29, 1.82) is 0 Å². The number of rotatable bonds is 5. The Kier molecular flexibility index (Phi) is 5.06. The minimum Gasteiger partial charge on any atom is -0.349 e. The van der Waals surface area contributed by atoms with Gasteiger partial charge < -0.3 is 9.88 Å². The zero-order chi connectivity index (χ0) is 14.7. The van der Waals surface area contributed by atoms with Gasteiger partial charge in [-0.25, -0.2) is 0 Å². The van der Waals surface area contributed by atoms with Gasteiger partial charge in [-0.15, -0.1) is 0 Å². The number of nitrogens with zero attached hydrogens (tertiary/aromatic N) is 1. The molecule has 0 aliphatic heterocycles. The van der Waals surface area contributed by atoms with Crippen LogP contribution in [0, 0.1) is 13.8 Å². The number of benzene rings is 1. The summed E-state index contributed by atoms with van der Waals surface area (Å²) in [5.74, 6) is 0. The van der Waals surface area contributed by atoms with E-state index in [1.165, 1.54) is 22.5 Å². The molecule has 1 aromatic heterocycles. The molecular weight excluding hydrogens is 312 g/mol. The van der Waals surface area contributed by atoms with Crippen molar-refractivity contribution in [2.75, 3.05) is 0 Å². The third kappa shape index (κ3) is 3.33. The van der Waals surface area contributed by atoms with Crippen LogP contribution in [0.15, 0.2) is 34.8 Å². The molecule has 1 atom stereocenters. The highest BCUT2D eigenvalue weighted by atomic mass is 79.9. The van der Waals surface area contributed by atoms with Crippen LogP contribution in [-0.4, -0.2) is 4.57 Å². The third-order valence-corrected chi connectivity index (χ3v) is 4.44. The zero-order valence-electron chi connectivity index (χ0n) is 12.7. The van der Waals surface area contributed by atoms with Gasteiger partial charge in [-0.2, -0.15) is 0 Å². The SMILES string of the molecule is CCn1c(C)cc(CN[C@H](C)c2cccc(Br)c2)c1C. The predicted octanol–water partition coefficient (Wildman–Crippen LogP) is 4.74. The number of halogens is 1. The minimum atomic E-state index is 0.345. The molecule has 0 aliphatic carbocycles. The van der Waals surface area contributed by atoms with Crippen LogP contribution in [0.2, 0.25) is 0 Å². The zero-order valence-corrected chi connectivity index (χ0v) is 14.3. The fourth-order valence-corrected chi connectivity index (χ4v) is 3.11. The molecule has 0 spiro atoms. The van der Waals surface area contributed by atoms with E-state index in [9.17, 15) is 0 Å². The topological polar surface area (TPSA) is 17.0 Å². The molecule has 108 valence electrons.